The van der Waals surface area contributed by atoms with E-state index in [1.807, 2.05) is 0 Å². The van der Waals surface area contributed by atoms with Crippen molar-refractivity contribution in [2.75, 3.05) is 0 Å². The average molecular weight is 331 g/mol. The predicted molar refractivity (Wildman–Crippen MR) is 63.0 cm³/mol. The lowest BCUT2D eigenvalue weighted by Gasteiger charge is -2.05. The van der Waals surface area contributed by atoms with Crippen LogP contribution < -0.4 is 0 Å². The van der Waals surface area contributed by atoms with E-state index in [0.717, 1.165) is 12.1 Å². The molecule has 0 fully saturated rings. The maximum absolute atomic E-state index is 13.6. The van der Waals surface area contributed by atoms with Crippen molar-refractivity contribution in [3.63, 3.8) is 0 Å². The standard InChI is InChI=1S/C11H5Cl2F5N2/c12-4-6-9(11(16,17)18)19-20(10(6)13)8-2-1-5(14)3-7(8)15/h1-3H,4H2. The second-order valence-electron chi connectivity index (χ2n) is 3.76. The molecular weight excluding hydrogens is 326 g/mol. The molecule has 2 aromatic rings. The minimum absolute atomic E-state index is 0.404. The molecule has 0 aliphatic rings. The van der Waals surface area contributed by atoms with Crippen molar-refractivity contribution in [2.45, 2.75) is 12.1 Å². The van der Waals surface area contributed by atoms with Crippen molar-refractivity contribution in [1.82, 2.24) is 9.78 Å². The van der Waals surface area contributed by atoms with Crippen LogP contribution in [0.3, 0.4) is 0 Å². The van der Waals surface area contributed by atoms with Crippen molar-refractivity contribution < 1.29 is 22.0 Å². The number of nitrogens with zero attached hydrogens (tertiary/aromatic N) is 2. The monoisotopic (exact) mass is 330 g/mol. The Balaban J connectivity index is 2.67. The summed E-state index contributed by atoms with van der Waals surface area (Å²) >= 11 is 11.2. The van der Waals surface area contributed by atoms with Gasteiger partial charge in [0.15, 0.2) is 11.5 Å². The van der Waals surface area contributed by atoms with Crippen LogP contribution in [0.2, 0.25) is 5.15 Å². The molecule has 0 amide bonds. The van der Waals surface area contributed by atoms with E-state index < -0.39 is 45.8 Å². The van der Waals surface area contributed by atoms with Crippen molar-refractivity contribution in [3.8, 4) is 5.69 Å². The highest BCUT2D eigenvalue weighted by Crippen LogP contribution is 2.36. The maximum atomic E-state index is 13.6. The molecule has 0 radical (unpaired) electrons. The van der Waals surface area contributed by atoms with Gasteiger partial charge in [0, 0.05) is 11.6 Å². The fraction of sp³-hybridized carbons (Fsp3) is 0.182. The molecule has 9 heteroatoms. The van der Waals surface area contributed by atoms with Gasteiger partial charge in [-0.05, 0) is 12.1 Å². The first-order valence-electron chi connectivity index (χ1n) is 5.11. The van der Waals surface area contributed by atoms with Crippen molar-refractivity contribution in [1.29, 1.82) is 0 Å². The average Bonchev–Trinajstić information content (AvgIpc) is 2.66. The Morgan fingerprint density at radius 3 is 2.30 bits per heavy atom. The number of hydrogen-bond donors (Lipinski definition) is 0. The quantitative estimate of drug-likeness (QED) is 0.583. The van der Waals surface area contributed by atoms with Crippen LogP contribution in [0.1, 0.15) is 11.3 Å². The molecule has 0 unspecified atom stereocenters. The molecule has 1 aromatic heterocycles. The number of rotatable bonds is 2. The van der Waals surface area contributed by atoms with Crippen LogP contribution in [0.25, 0.3) is 5.69 Å². The molecule has 0 bridgehead atoms. The van der Waals surface area contributed by atoms with Crippen LogP contribution in [0.15, 0.2) is 18.2 Å². The molecular formula is C11H5Cl2F5N2. The maximum Gasteiger partial charge on any atom is 0.435 e. The first-order chi connectivity index (χ1) is 9.25. The fourth-order valence-corrected chi connectivity index (χ4v) is 2.20. The zero-order valence-corrected chi connectivity index (χ0v) is 11.0. The first kappa shape index (κ1) is 15.1. The first-order valence-corrected chi connectivity index (χ1v) is 6.03. The summed E-state index contributed by atoms with van der Waals surface area (Å²) < 4.78 is 65.2. The largest absolute Gasteiger partial charge is 0.435 e. The summed E-state index contributed by atoms with van der Waals surface area (Å²) in [6.07, 6.45) is -4.78. The van der Waals surface area contributed by atoms with E-state index in [2.05, 4.69) is 5.10 Å². The molecule has 108 valence electrons. The van der Waals surface area contributed by atoms with Crippen LogP contribution in [0, 0.1) is 11.6 Å². The van der Waals surface area contributed by atoms with Gasteiger partial charge in [0.25, 0.3) is 0 Å². The molecule has 0 aliphatic carbocycles. The Hall–Kier alpha value is -1.34. The number of aromatic nitrogens is 2. The van der Waals surface area contributed by atoms with Crippen LogP contribution in [-0.2, 0) is 12.1 Å². The van der Waals surface area contributed by atoms with E-state index in [-0.39, 0.29) is 0 Å². The Morgan fingerprint density at radius 1 is 1.20 bits per heavy atom. The molecule has 0 aliphatic heterocycles. The lowest BCUT2D eigenvalue weighted by atomic mass is 10.2. The van der Waals surface area contributed by atoms with E-state index in [9.17, 15) is 22.0 Å². The third kappa shape index (κ3) is 2.60. The summed E-state index contributed by atoms with van der Waals surface area (Å²) in [5.74, 6) is -2.51. The molecule has 1 aromatic carbocycles. The van der Waals surface area contributed by atoms with Gasteiger partial charge >= 0.3 is 6.18 Å². The molecule has 0 saturated heterocycles. The topological polar surface area (TPSA) is 17.8 Å². The predicted octanol–water partition coefficient (Wildman–Crippen LogP) is 4.56. The van der Waals surface area contributed by atoms with Gasteiger partial charge in [0.05, 0.1) is 5.88 Å². The summed E-state index contributed by atoms with van der Waals surface area (Å²) in [7, 11) is 0. The second kappa shape index (κ2) is 5.21. The van der Waals surface area contributed by atoms with Crippen LogP contribution in [0.5, 0.6) is 0 Å². The smallest absolute Gasteiger partial charge is 0.218 e. The molecule has 0 spiro atoms. The minimum atomic E-state index is -4.78. The molecule has 0 saturated carbocycles. The third-order valence-corrected chi connectivity index (χ3v) is 3.12. The Bertz CT molecular complexity index is 651. The molecule has 2 nitrogen and oxygen atoms in total. The van der Waals surface area contributed by atoms with Crippen molar-refractivity contribution in [3.05, 3.63) is 46.2 Å². The SMILES string of the molecule is Fc1ccc(-n2nc(C(F)(F)F)c(CCl)c2Cl)c(F)c1. The summed E-state index contributed by atoms with van der Waals surface area (Å²) in [5.41, 5.74) is -2.18. The van der Waals surface area contributed by atoms with Gasteiger partial charge in [-0.15, -0.1) is 11.6 Å². The van der Waals surface area contributed by atoms with Gasteiger partial charge in [0.2, 0.25) is 0 Å². The van der Waals surface area contributed by atoms with Gasteiger partial charge in [-0.25, -0.2) is 13.5 Å². The second-order valence-corrected chi connectivity index (χ2v) is 4.38. The minimum Gasteiger partial charge on any atom is -0.218 e. The summed E-state index contributed by atoms with van der Waals surface area (Å²) in [5, 5.41) is 2.75. The number of benzene rings is 1. The zero-order valence-electron chi connectivity index (χ0n) is 9.48. The molecule has 0 atom stereocenters. The number of alkyl halides is 4. The van der Waals surface area contributed by atoms with Gasteiger partial charge in [0.1, 0.15) is 16.7 Å². The van der Waals surface area contributed by atoms with E-state index >= 15 is 0 Å². The molecule has 2 rings (SSSR count). The van der Waals surface area contributed by atoms with Gasteiger partial charge in [-0.2, -0.15) is 18.3 Å². The van der Waals surface area contributed by atoms with Gasteiger partial charge in [-0.3, -0.25) is 0 Å². The highest BCUT2D eigenvalue weighted by Gasteiger charge is 2.39. The van der Waals surface area contributed by atoms with E-state index in [1.165, 1.54) is 0 Å². The lowest BCUT2D eigenvalue weighted by molar-refractivity contribution is -0.141. The summed E-state index contributed by atoms with van der Waals surface area (Å²) in [6.45, 7) is 0. The third-order valence-electron chi connectivity index (χ3n) is 2.46. The molecule has 0 N–H and O–H groups in total. The summed E-state index contributed by atoms with van der Waals surface area (Å²) in [6, 6.07) is 2.33. The Kier molecular flexibility index (Phi) is 3.93. The highest BCUT2D eigenvalue weighted by molar-refractivity contribution is 6.31. The Morgan fingerprint density at radius 2 is 1.85 bits per heavy atom. The van der Waals surface area contributed by atoms with E-state index in [0.29, 0.717) is 10.7 Å². The molecule has 20 heavy (non-hydrogen) atoms. The van der Waals surface area contributed by atoms with E-state index in [4.69, 9.17) is 23.2 Å². The van der Waals surface area contributed by atoms with Crippen molar-refractivity contribution in [2.24, 2.45) is 0 Å². The summed E-state index contributed by atoms with van der Waals surface area (Å²) in [4.78, 5) is 0. The lowest BCUT2D eigenvalue weighted by Crippen LogP contribution is -2.09. The van der Waals surface area contributed by atoms with Crippen LogP contribution >= 0.6 is 23.2 Å². The van der Waals surface area contributed by atoms with Crippen molar-refractivity contribution >= 4 is 23.2 Å². The molecule has 1 heterocycles. The number of hydrogen-bond acceptors (Lipinski definition) is 1. The van der Waals surface area contributed by atoms with E-state index in [1.54, 1.807) is 0 Å². The fourth-order valence-electron chi connectivity index (χ4n) is 1.59. The highest BCUT2D eigenvalue weighted by atomic mass is 35.5. The van der Waals surface area contributed by atoms with Gasteiger partial charge in [-0.1, -0.05) is 11.6 Å². The number of halogens is 7. The van der Waals surface area contributed by atoms with Crippen LogP contribution in [0.4, 0.5) is 22.0 Å². The van der Waals surface area contributed by atoms with Gasteiger partial charge < -0.3 is 0 Å². The normalized spacial score (nSPS) is 11.9. The zero-order chi connectivity index (χ0) is 15.1. The Labute approximate surface area is 119 Å². The van der Waals surface area contributed by atoms with Crippen LogP contribution in [-0.4, -0.2) is 9.78 Å².